The van der Waals surface area contributed by atoms with Gasteiger partial charge in [0.15, 0.2) is 0 Å². The summed E-state index contributed by atoms with van der Waals surface area (Å²) in [5.41, 5.74) is 0.861. The van der Waals surface area contributed by atoms with Gasteiger partial charge in [0, 0.05) is 25.0 Å². The van der Waals surface area contributed by atoms with Crippen molar-refractivity contribution in [2.75, 3.05) is 13.1 Å². The van der Waals surface area contributed by atoms with Crippen LogP contribution in [-0.4, -0.2) is 31.7 Å². The highest BCUT2D eigenvalue weighted by molar-refractivity contribution is 7.90. The zero-order chi connectivity index (χ0) is 14.3. The summed E-state index contributed by atoms with van der Waals surface area (Å²) in [5.74, 6) is 0. The average Bonchev–Trinajstić information content (AvgIpc) is 2.39. The summed E-state index contributed by atoms with van der Waals surface area (Å²) in [6.07, 6.45) is 4.33. The minimum atomic E-state index is -3.33. The predicted octanol–water partition coefficient (Wildman–Crippen LogP) is 1.45. The third-order valence-corrected chi connectivity index (χ3v) is 4.82. The largest absolute Gasteiger partial charge is 0.315 e. The Morgan fingerprint density at radius 2 is 2.11 bits per heavy atom. The molecule has 0 aliphatic rings. The lowest BCUT2D eigenvalue weighted by atomic mass is 10.2. The molecular formula is C13H23N3O2S. The molecule has 0 amide bonds. The highest BCUT2D eigenvalue weighted by Crippen LogP contribution is 2.12. The zero-order valence-corrected chi connectivity index (χ0v) is 12.6. The van der Waals surface area contributed by atoms with Gasteiger partial charge in [-0.3, -0.25) is 4.98 Å². The molecule has 1 aromatic rings. The van der Waals surface area contributed by atoms with E-state index in [-0.39, 0.29) is 6.04 Å². The van der Waals surface area contributed by atoms with Crippen LogP contribution in [-0.2, 0) is 10.0 Å². The standard InChI is InChI=1S/C13H23N3O2S/c1-4-7-14-9-11(2)19(17,18)16-12(3)13-6-5-8-15-10-13/h5-6,8,10-12,14,16H,4,7,9H2,1-3H3. The van der Waals surface area contributed by atoms with Crippen LogP contribution in [0.2, 0.25) is 0 Å². The van der Waals surface area contributed by atoms with E-state index < -0.39 is 15.3 Å². The van der Waals surface area contributed by atoms with E-state index in [9.17, 15) is 8.42 Å². The number of hydrogen-bond donors (Lipinski definition) is 2. The Kier molecular flexibility index (Phi) is 6.41. The van der Waals surface area contributed by atoms with Crippen molar-refractivity contribution in [2.45, 2.75) is 38.5 Å². The highest BCUT2D eigenvalue weighted by Gasteiger charge is 2.22. The number of hydrogen-bond acceptors (Lipinski definition) is 4. The van der Waals surface area contributed by atoms with Crippen LogP contribution >= 0.6 is 0 Å². The van der Waals surface area contributed by atoms with Crippen molar-refractivity contribution in [1.29, 1.82) is 0 Å². The fraction of sp³-hybridized carbons (Fsp3) is 0.615. The monoisotopic (exact) mass is 285 g/mol. The van der Waals surface area contributed by atoms with Crippen LogP contribution in [0.25, 0.3) is 0 Å². The van der Waals surface area contributed by atoms with Crippen LogP contribution in [0.1, 0.15) is 38.8 Å². The molecule has 2 N–H and O–H groups in total. The third kappa shape index (κ3) is 5.26. The second-order valence-corrected chi connectivity index (χ2v) is 6.82. The lowest BCUT2D eigenvalue weighted by Crippen LogP contribution is -2.40. The maximum absolute atomic E-state index is 12.1. The highest BCUT2D eigenvalue weighted by atomic mass is 32.2. The van der Waals surface area contributed by atoms with E-state index in [2.05, 4.69) is 21.9 Å². The Morgan fingerprint density at radius 1 is 1.37 bits per heavy atom. The van der Waals surface area contributed by atoms with Gasteiger partial charge in [0.1, 0.15) is 0 Å². The lowest BCUT2D eigenvalue weighted by Gasteiger charge is -2.19. The van der Waals surface area contributed by atoms with Gasteiger partial charge in [0.2, 0.25) is 10.0 Å². The first-order valence-electron chi connectivity index (χ1n) is 6.59. The Labute approximate surface area is 115 Å². The predicted molar refractivity (Wildman–Crippen MR) is 77.3 cm³/mol. The van der Waals surface area contributed by atoms with E-state index in [1.807, 2.05) is 13.0 Å². The molecule has 0 spiro atoms. The summed E-state index contributed by atoms with van der Waals surface area (Å²) < 4.78 is 27.0. The van der Waals surface area contributed by atoms with E-state index >= 15 is 0 Å². The van der Waals surface area contributed by atoms with Gasteiger partial charge in [-0.2, -0.15) is 0 Å². The molecule has 0 fully saturated rings. The Bertz CT molecular complexity index is 462. The zero-order valence-electron chi connectivity index (χ0n) is 11.8. The van der Waals surface area contributed by atoms with Gasteiger partial charge in [-0.05, 0) is 38.4 Å². The van der Waals surface area contributed by atoms with E-state index in [4.69, 9.17) is 0 Å². The maximum Gasteiger partial charge on any atom is 0.216 e. The molecule has 5 nitrogen and oxygen atoms in total. The molecule has 0 bridgehead atoms. The molecule has 0 aromatic carbocycles. The summed E-state index contributed by atoms with van der Waals surface area (Å²) in [6, 6.07) is 3.39. The quantitative estimate of drug-likeness (QED) is 0.709. The molecule has 2 atom stereocenters. The minimum Gasteiger partial charge on any atom is -0.315 e. The van der Waals surface area contributed by atoms with Gasteiger partial charge in [-0.25, -0.2) is 13.1 Å². The molecule has 1 aromatic heterocycles. The van der Waals surface area contributed by atoms with Crippen molar-refractivity contribution in [3.8, 4) is 0 Å². The first kappa shape index (κ1) is 16.1. The van der Waals surface area contributed by atoms with Crippen molar-refractivity contribution in [3.63, 3.8) is 0 Å². The van der Waals surface area contributed by atoms with Crippen LogP contribution in [0.15, 0.2) is 24.5 Å². The number of nitrogens with one attached hydrogen (secondary N) is 2. The molecule has 19 heavy (non-hydrogen) atoms. The molecule has 0 aliphatic carbocycles. The topological polar surface area (TPSA) is 71.1 Å². The van der Waals surface area contributed by atoms with Crippen LogP contribution in [0.5, 0.6) is 0 Å². The summed E-state index contributed by atoms with van der Waals surface area (Å²) in [4.78, 5) is 3.99. The third-order valence-electron chi connectivity index (χ3n) is 2.91. The minimum absolute atomic E-state index is 0.271. The van der Waals surface area contributed by atoms with Crippen molar-refractivity contribution < 1.29 is 8.42 Å². The van der Waals surface area contributed by atoms with Gasteiger partial charge in [0.05, 0.1) is 5.25 Å². The smallest absolute Gasteiger partial charge is 0.216 e. The molecule has 0 aliphatic heterocycles. The van der Waals surface area contributed by atoms with Crippen molar-refractivity contribution in [1.82, 2.24) is 15.0 Å². The summed E-state index contributed by atoms with van der Waals surface area (Å²) in [7, 11) is -3.33. The molecule has 0 saturated heterocycles. The number of nitrogens with zero attached hydrogens (tertiary/aromatic N) is 1. The Balaban J connectivity index is 2.59. The van der Waals surface area contributed by atoms with Crippen LogP contribution in [0, 0.1) is 0 Å². The number of sulfonamides is 1. The Morgan fingerprint density at radius 3 is 2.68 bits per heavy atom. The van der Waals surface area contributed by atoms with Gasteiger partial charge in [-0.1, -0.05) is 13.0 Å². The van der Waals surface area contributed by atoms with Gasteiger partial charge >= 0.3 is 0 Å². The van der Waals surface area contributed by atoms with Gasteiger partial charge in [0.25, 0.3) is 0 Å². The molecule has 2 unspecified atom stereocenters. The lowest BCUT2D eigenvalue weighted by molar-refractivity contribution is 0.544. The van der Waals surface area contributed by atoms with E-state index in [0.717, 1.165) is 18.5 Å². The van der Waals surface area contributed by atoms with E-state index in [1.165, 1.54) is 0 Å². The van der Waals surface area contributed by atoms with Crippen LogP contribution in [0.3, 0.4) is 0 Å². The number of rotatable bonds is 8. The number of pyridine rings is 1. The van der Waals surface area contributed by atoms with Crippen LogP contribution in [0.4, 0.5) is 0 Å². The van der Waals surface area contributed by atoms with Crippen LogP contribution < -0.4 is 10.0 Å². The average molecular weight is 285 g/mol. The first-order valence-corrected chi connectivity index (χ1v) is 8.13. The van der Waals surface area contributed by atoms with E-state index in [1.54, 1.807) is 25.4 Å². The molecule has 6 heteroatoms. The molecular weight excluding hydrogens is 262 g/mol. The second kappa shape index (κ2) is 7.57. The van der Waals surface area contributed by atoms with Crippen molar-refractivity contribution in [2.24, 2.45) is 0 Å². The SMILES string of the molecule is CCCNCC(C)S(=O)(=O)NC(C)c1cccnc1. The first-order chi connectivity index (χ1) is 8.97. The van der Waals surface area contributed by atoms with E-state index in [0.29, 0.717) is 6.54 Å². The summed E-state index contributed by atoms with van der Waals surface area (Å²) >= 11 is 0. The summed E-state index contributed by atoms with van der Waals surface area (Å²) in [6.45, 7) is 6.87. The van der Waals surface area contributed by atoms with Gasteiger partial charge < -0.3 is 5.32 Å². The maximum atomic E-state index is 12.1. The fourth-order valence-corrected chi connectivity index (χ4v) is 2.85. The molecule has 0 saturated carbocycles. The van der Waals surface area contributed by atoms with Crippen molar-refractivity contribution >= 4 is 10.0 Å². The summed E-state index contributed by atoms with van der Waals surface area (Å²) in [5, 5.41) is 2.66. The molecule has 1 heterocycles. The molecule has 108 valence electrons. The molecule has 1 rings (SSSR count). The second-order valence-electron chi connectivity index (χ2n) is 4.69. The van der Waals surface area contributed by atoms with Crippen molar-refractivity contribution in [3.05, 3.63) is 30.1 Å². The molecule has 0 radical (unpaired) electrons. The van der Waals surface area contributed by atoms with Gasteiger partial charge in [-0.15, -0.1) is 0 Å². The Hall–Kier alpha value is -0.980. The normalized spacial score (nSPS) is 15.1. The fourth-order valence-electron chi connectivity index (χ4n) is 1.65. The number of aromatic nitrogens is 1.